The average molecular weight is 909 g/mol. The summed E-state index contributed by atoms with van der Waals surface area (Å²) in [5.74, 6) is 0. The highest BCUT2D eigenvalue weighted by molar-refractivity contribution is 6.31. The van der Waals surface area contributed by atoms with Crippen LogP contribution in [0.3, 0.4) is 0 Å². The lowest BCUT2D eigenvalue weighted by molar-refractivity contribution is 1.63. The first-order valence-corrected chi connectivity index (χ1v) is 25.1. The lowest BCUT2D eigenvalue weighted by atomic mass is 9.81. The van der Waals surface area contributed by atoms with Crippen molar-refractivity contribution in [3.63, 3.8) is 0 Å². The largest absolute Gasteiger partial charge is 0.0622 e. The maximum atomic E-state index is 2.46. The highest BCUT2D eigenvalue weighted by Gasteiger charge is 2.31. The van der Waals surface area contributed by atoms with E-state index in [9.17, 15) is 0 Å². The molecule has 16 rings (SSSR count). The van der Waals surface area contributed by atoms with Crippen LogP contribution >= 0.6 is 0 Å². The quantitative estimate of drug-likeness (QED) is 0.122. The highest BCUT2D eigenvalue weighted by Crippen LogP contribution is 2.59. The van der Waals surface area contributed by atoms with Gasteiger partial charge in [0.05, 0.1) is 0 Å². The third-order valence-corrected chi connectivity index (χ3v) is 15.5. The molecule has 2 aliphatic carbocycles. The smallest absolute Gasteiger partial charge is 0.000719 e. The molecule has 0 N–H and O–H groups in total. The zero-order chi connectivity index (χ0) is 47.3. The van der Waals surface area contributed by atoms with Gasteiger partial charge in [-0.25, -0.2) is 0 Å². The van der Waals surface area contributed by atoms with Gasteiger partial charge in [-0.2, -0.15) is 0 Å². The summed E-state index contributed by atoms with van der Waals surface area (Å²) >= 11 is 0. The Hall–Kier alpha value is -9.36. The molecule has 0 radical (unpaired) electrons. The Morgan fingerprint density at radius 3 is 1.00 bits per heavy atom. The lowest BCUT2D eigenvalue weighted by Crippen LogP contribution is -1.94. The zero-order valence-corrected chi connectivity index (χ0v) is 39.4. The molecule has 14 aromatic rings. The summed E-state index contributed by atoms with van der Waals surface area (Å²) in [6, 6.07) is 97.8. The van der Waals surface area contributed by atoms with Crippen LogP contribution in [0.4, 0.5) is 0 Å². The Morgan fingerprint density at radius 2 is 0.514 bits per heavy atom. The van der Waals surface area contributed by atoms with Gasteiger partial charge in [-0.3, -0.25) is 0 Å². The van der Waals surface area contributed by atoms with Gasteiger partial charge in [0.15, 0.2) is 0 Å². The highest BCUT2D eigenvalue weighted by atomic mass is 14.3. The van der Waals surface area contributed by atoms with E-state index in [1.807, 2.05) is 0 Å². The second-order valence-corrected chi connectivity index (χ2v) is 19.3. The molecule has 0 spiro atoms. The first-order chi connectivity index (χ1) is 35.8. The average Bonchev–Trinajstić information content (AvgIpc) is 3.95. The molecule has 72 heavy (non-hydrogen) atoms. The Labute approximate surface area is 418 Å². The molecule has 0 heterocycles. The summed E-state index contributed by atoms with van der Waals surface area (Å²) in [5.41, 5.74) is 21.1. The molecule has 0 nitrogen and oxygen atoms in total. The predicted octanol–water partition coefficient (Wildman–Crippen LogP) is 20.3. The number of rotatable bonds is 4. The van der Waals surface area contributed by atoms with E-state index in [1.54, 1.807) is 0 Å². The van der Waals surface area contributed by atoms with Crippen molar-refractivity contribution in [2.75, 3.05) is 0 Å². The lowest BCUT2D eigenvalue weighted by Gasteiger charge is -2.21. The molecule has 0 fully saturated rings. The fourth-order valence-corrected chi connectivity index (χ4v) is 12.6. The van der Waals surface area contributed by atoms with Crippen molar-refractivity contribution >= 4 is 64.6 Å². The minimum atomic E-state index is 1.26. The fraction of sp³-hybridized carbons (Fsp3) is 0. The van der Waals surface area contributed by atoms with Crippen LogP contribution < -0.4 is 0 Å². The van der Waals surface area contributed by atoms with Crippen molar-refractivity contribution in [1.82, 2.24) is 0 Å². The van der Waals surface area contributed by atoms with Crippen LogP contribution in [0.15, 0.2) is 267 Å². The summed E-state index contributed by atoms with van der Waals surface area (Å²) in [5, 5.41) is 15.8. The first kappa shape index (κ1) is 40.5. The number of hydrogen-bond donors (Lipinski definition) is 0. The zero-order valence-electron chi connectivity index (χ0n) is 39.4. The summed E-state index contributed by atoms with van der Waals surface area (Å²) in [7, 11) is 0. The van der Waals surface area contributed by atoms with Gasteiger partial charge in [0.2, 0.25) is 0 Å². The maximum absolute atomic E-state index is 2.46. The van der Waals surface area contributed by atoms with Crippen LogP contribution in [-0.2, 0) is 0 Å². The Balaban J connectivity index is 0.000000128. The molecule has 2 aliphatic rings. The standard InChI is InChI=1S/2C36H22/c1-3-12-25(13-4-1)32-30-22-21-23-11-7-8-18-27(23)34(30)33(26-14-5-2-6-15-26)36-29-20-10-17-24-16-9-19-28(31(24)29)35(32)36;1-3-11-23(12-4-1)35-26-17-7-8-18-27(26)36(24-13-5-2-6-14-24)33-22-31-29-20-10-16-25-15-9-19-28(34(25)29)30(31)21-32(33)35/h2*1-22H. The number of fused-ring (bicyclic) bond motifs is 11. The van der Waals surface area contributed by atoms with E-state index in [-0.39, 0.29) is 0 Å². The number of hydrogen-bond acceptors (Lipinski definition) is 0. The molecule has 0 aliphatic heterocycles. The molecule has 0 atom stereocenters. The van der Waals surface area contributed by atoms with Gasteiger partial charge in [0.1, 0.15) is 0 Å². The van der Waals surface area contributed by atoms with Crippen molar-refractivity contribution in [2.45, 2.75) is 0 Å². The Morgan fingerprint density at radius 1 is 0.153 bits per heavy atom. The summed E-state index contributed by atoms with van der Waals surface area (Å²) in [4.78, 5) is 0. The van der Waals surface area contributed by atoms with Gasteiger partial charge in [-0.15, -0.1) is 0 Å². The van der Waals surface area contributed by atoms with Gasteiger partial charge in [-0.05, 0) is 166 Å². The van der Waals surface area contributed by atoms with Gasteiger partial charge in [0.25, 0.3) is 0 Å². The van der Waals surface area contributed by atoms with Crippen LogP contribution in [0.2, 0.25) is 0 Å². The van der Waals surface area contributed by atoms with Crippen LogP contribution in [0.1, 0.15) is 0 Å². The summed E-state index contributed by atoms with van der Waals surface area (Å²) in [6.07, 6.45) is 0. The van der Waals surface area contributed by atoms with E-state index in [4.69, 9.17) is 0 Å². The molecule has 0 bridgehead atoms. The predicted molar refractivity (Wildman–Crippen MR) is 309 cm³/mol. The fourth-order valence-electron chi connectivity index (χ4n) is 12.6. The molecule has 0 unspecified atom stereocenters. The molecule has 0 amide bonds. The summed E-state index contributed by atoms with van der Waals surface area (Å²) in [6.45, 7) is 0. The van der Waals surface area contributed by atoms with Crippen LogP contribution in [0.25, 0.3) is 154 Å². The maximum Gasteiger partial charge on any atom is -0.000719 e. The third kappa shape index (κ3) is 6.00. The van der Waals surface area contributed by atoms with Crippen molar-refractivity contribution in [2.24, 2.45) is 0 Å². The van der Waals surface area contributed by atoms with E-state index in [0.29, 0.717) is 0 Å². The monoisotopic (exact) mass is 908 g/mol. The normalized spacial score (nSPS) is 11.9. The molecular weight excluding hydrogens is 865 g/mol. The van der Waals surface area contributed by atoms with Crippen molar-refractivity contribution in [3.05, 3.63) is 267 Å². The second-order valence-electron chi connectivity index (χ2n) is 19.3. The summed E-state index contributed by atoms with van der Waals surface area (Å²) < 4.78 is 0. The molecule has 0 aromatic heterocycles. The molecular formula is C72H44. The van der Waals surface area contributed by atoms with E-state index in [2.05, 4.69) is 267 Å². The minimum absolute atomic E-state index is 1.26. The van der Waals surface area contributed by atoms with Gasteiger partial charge in [-0.1, -0.05) is 255 Å². The number of benzene rings is 14. The second kappa shape index (κ2) is 16.1. The van der Waals surface area contributed by atoms with Crippen LogP contribution in [0.5, 0.6) is 0 Å². The molecule has 0 saturated heterocycles. The van der Waals surface area contributed by atoms with E-state index in [0.717, 1.165) is 0 Å². The van der Waals surface area contributed by atoms with E-state index < -0.39 is 0 Å². The molecule has 14 aromatic carbocycles. The Bertz CT molecular complexity index is 4370. The van der Waals surface area contributed by atoms with Crippen molar-refractivity contribution < 1.29 is 0 Å². The van der Waals surface area contributed by atoms with Gasteiger partial charge in [0, 0.05) is 0 Å². The van der Waals surface area contributed by atoms with Crippen LogP contribution in [-0.4, -0.2) is 0 Å². The Kier molecular flexibility index (Phi) is 9.06. The van der Waals surface area contributed by atoms with Gasteiger partial charge < -0.3 is 0 Å². The molecule has 332 valence electrons. The SMILES string of the molecule is c1ccc(-c2c3c(c(-c4ccccc4)c4c2ccc2ccccc24)-c2cccc4cccc-3c24)cc1.c1ccc(-c2c3ccccc3c(-c3ccccc3)c3cc4c(cc23)-c2cccc3cccc-4c23)cc1. The topological polar surface area (TPSA) is 0 Å². The first-order valence-electron chi connectivity index (χ1n) is 25.1. The van der Waals surface area contributed by atoms with E-state index in [1.165, 1.54) is 154 Å². The van der Waals surface area contributed by atoms with Crippen molar-refractivity contribution in [1.29, 1.82) is 0 Å². The third-order valence-electron chi connectivity index (χ3n) is 15.5. The molecule has 0 saturated carbocycles. The minimum Gasteiger partial charge on any atom is -0.0622 e. The van der Waals surface area contributed by atoms with E-state index >= 15 is 0 Å². The molecule has 0 heteroatoms. The van der Waals surface area contributed by atoms with Crippen molar-refractivity contribution in [3.8, 4) is 89.0 Å². The van der Waals surface area contributed by atoms with Crippen LogP contribution in [0, 0.1) is 0 Å². The van der Waals surface area contributed by atoms with Gasteiger partial charge >= 0.3 is 0 Å².